The molecule has 2 rings (SSSR count). The monoisotopic (exact) mass is 478 g/mol. The first-order valence-electron chi connectivity index (χ1n) is 9.27. The summed E-state index contributed by atoms with van der Waals surface area (Å²) in [5, 5.41) is 14.2. The van der Waals surface area contributed by atoms with Gasteiger partial charge in [-0.1, -0.05) is 23.1 Å². The Kier molecular flexibility index (Phi) is 8.61. The van der Waals surface area contributed by atoms with Gasteiger partial charge in [0.25, 0.3) is 5.69 Å². The van der Waals surface area contributed by atoms with Crippen molar-refractivity contribution in [2.75, 3.05) is 30.6 Å². The molecule has 0 heterocycles. The molecule has 2 aromatic rings. The fraction of sp³-hybridized carbons (Fsp3) is 0.368. The van der Waals surface area contributed by atoms with Crippen molar-refractivity contribution in [2.45, 2.75) is 20.0 Å². The van der Waals surface area contributed by atoms with E-state index in [1.54, 1.807) is 11.8 Å². The molecule has 1 N–H and O–H groups in total. The lowest BCUT2D eigenvalue weighted by Crippen LogP contribution is -2.25. The Bertz CT molecular complexity index is 959. The van der Waals surface area contributed by atoms with E-state index in [1.165, 1.54) is 18.2 Å². The number of halogens is 4. The summed E-state index contributed by atoms with van der Waals surface area (Å²) < 4.78 is 56.3. The molecule has 0 aliphatic heterocycles. The topological polar surface area (TPSA) is 84.7 Å². The maximum Gasteiger partial charge on any atom is 0.416 e. The van der Waals surface area contributed by atoms with Crippen LogP contribution in [-0.4, -0.2) is 30.6 Å². The quantitative estimate of drug-likeness (QED) is 0.247. The number of nitro benzene ring substituents is 1. The zero-order valence-electron chi connectivity index (χ0n) is 16.8. The van der Waals surface area contributed by atoms with Crippen molar-refractivity contribution in [3.63, 3.8) is 0 Å². The molecule has 0 radical (unpaired) electrons. The van der Waals surface area contributed by atoms with Crippen LogP contribution in [0, 0.1) is 10.1 Å². The Balaban J connectivity index is 2.34. The Hall–Kier alpha value is -2.42. The predicted molar refractivity (Wildman–Crippen MR) is 114 cm³/mol. The third kappa shape index (κ3) is 6.78. The molecule has 12 heteroatoms. The Labute approximate surface area is 183 Å². The molecule has 1 unspecified atom stereocenters. The minimum atomic E-state index is -4.55. The summed E-state index contributed by atoms with van der Waals surface area (Å²) in [7, 11) is -1.69. The second-order valence-electron chi connectivity index (χ2n) is 6.39. The normalized spacial score (nSPS) is 11.9. The van der Waals surface area contributed by atoms with Gasteiger partial charge in [-0.15, -0.1) is 0 Å². The van der Waals surface area contributed by atoms with Gasteiger partial charge in [0.05, 0.1) is 15.5 Å². The fourth-order valence-corrected chi connectivity index (χ4v) is 4.21. The van der Waals surface area contributed by atoms with Gasteiger partial charge in [0, 0.05) is 18.7 Å². The Morgan fingerprint density at radius 2 is 1.94 bits per heavy atom. The van der Waals surface area contributed by atoms with Crippen LogP contribution in [0.3, 0.4) is 0 Å². The smallest absolute Gasteiger partial charge is 0.416 e. The van der Waals surface area contributed by atoms with Crippen LogP contribution in [0.2, 0.25) is 5.02 Å². The average molecular weight is 479 g/mol. The second kappa shape index (κ2) is 10.7. The molecule has 0 amide bonds. The van der Waals surface area contributed by atoms with Crippen LogP contribution in [0.25, 0.3) is 0 Å². The van der Waals surface area contributed by atoms with Gasteiger partial charge >= 0.3 is 14.0 Å². The maximum atomic E-state index is 12.8. The number of alkyl halides is 3. The highest BCUT2D eigenvalue weighted by molar-refractivity contribution is 7.44. The van der Waals surface area contributed by atoms with Crippen LogP contribution < -0.4 is 15.0 Å². The number of ether oxygens (including phenoxy) is 1. The minimum absolute atomic E-state index is 0.0317. The van der Waals surface area contributed by atoms with E-state index in [-0.39, 0.29) is 40.5 Å². The average Bonchev–Trinajstić information content (AvgIpc) is 2.70. The Morgan fingerprint density at radius 1 is 1.23 bits per heavy atom. The van der Waals surface area contributed by atoms with Crippen molar-refractivity contribution in [1.29, 1.82) is 0 Å². The van der Waals surface area contributed by atoms with E-state index >= 15 is 0 Å². The van der Waals surface area contributed by atoms with Crippen molar-refractivity contribution in [3.8, 4) is 11.5 Å². The van der Waals surface area contributed by atoms with E-state index in [0.717, 1.165) is 18.2 Å². The molecule has 0 spiro atoms. The number of nitro groups is 1. The van der Waals surface area contributed by atoms with Gasteiger partial charge in [-0.2, -0.15) is 13.2 Å². The number of anilines is 1. The van der Waals surface area contributed by atoms with Crippen LogP contribution in [-0.2, 0) is 10.7 Å². The molecule has 31 heavy (non-hydrogen) atoms. The van der Waals surface area contributed by atoms with Crippen LogP contribution in [0.4, 0.5) is 24.5 Å². The Morgan fingerprint density at radius 3 is 2.48 bits per heavy atom. The first-order valence-corrected chi connectivity index (χ1v) is 11.3. The van der Waals surface area contributed by atoms with Crippen LogP contribution in [0.1, 0.15) is 19.4 Å². The van der Waals surface area contributed by atoms with E-state index < -0.39 is 24.5 Å². The van der Waals surface area contributed by atoms with E-state index in [1.807, 2.05) is 6.92 Å². The van der Waals surface area contributed by atoms with E-state index in [0.29, 0.717) is 13.1 Å². The number of nitrogens with zero attached hydrogens (tertiary/aromatic N) is 2. The molecular weight excluding hydrogens is 458 g/mol. The van der Waals surface area contributed by atoms with Crippen molar-refractivity contribution in [3.05, 3.63) is 57.1 Å². The zero-order valence-corrected chi connectivity index (χ0v) is 18.4. The van der Waals surface area contributed by atoms with Crippen molar-refractivity contribution in [2.24, 2.45) is 0 Å². The molecule has 168 valence electrons. The number of hydrogen-bond donors (Lipinski definition) is 1. The van der Waals surface area contributed by atoms with E-state index in [4.69, 9.17) is 16.3 Å². The lowest BCUT2D eigenvalue weighted by Gasteiger charge is -2.19. The highest BCUT2D eigenvalue weighted by Crippen LogP contribution is 2.39. The van der Waals surface area contributed by atoms with Crippen molar-refractivity contribution in [1.82, 2.24) is 5.32 Å². The number of hydrogen-bond acceptors (Lipinski definition) is 6. The van der Waals surface area contributed by atoms with Crippen LogP contribution in [0.15, 0.2) is 36.4 Å². The van der Waals surface area contributed by atoms with Crippen molar-refractivity contribution >= 4 is 30.8 Å². The highest BCUT2D eigenvalue weighted by Gasteiger charge is 2.31. The van der Waals surface area contributed by atoms with Gasteiger partial charge in [0.2, 0.25) is 6.29 Å². The van der Waals surface area contributed by atoms with E-state index in [9.17, 15) is 27.9 Å². The van der Waals surface area contributed by atoms with Gasteiger partial charge in [-0.05, 0) is 37.7 Å². The summed E-state index contributed by atoms with van der Waals surface area (Å²) >= 11 is 5.92. The third-order valence-corrected chi connectivity index (χ3v) is 5.75. The zero-order chi connectivity index (χ0) is 23.2. The van der Waals surface area contributed by atoms with Gasteiger partial charge < -0.3 is 9.64 Å². The molecule has 0 saturated heterocycles. The first kappa shape index (κ1) is 24.8. The molecule has 0 aliphatic carbocycles. The molecule has 2 aromatic carbocycles. The number of nitrogens with one attached hydrogen (secondary N) is 1. The van der Waals surface area contributed by atoms with Crippen LogP contribution in [0.5, 0.6) is 11.5 Å². The largest absolute Gasteiger partial charge is 0.456 e. The highest BCUT2D eigenvalue weighted by atomic mass is 35.5. The first-order chi connectivity index (χ1) is 14.6. The number of rotatable bonds is 10. The standard InChI is InChI=1S/C19H21ClF3N3O4P/c1-3-24-11-31(29)12-25(4-2)17-10-14(6-7-16(17)26(27)28)30-18-8-5-13(9-15(18)20)19(21,22)23/h5-10,24H,3-4,11-12H2,1-2H3/q+1. The summed E-state index contributed by atoms with van der Waals surface area (Å²) in [6, 6.07) is 6.58. The van der Waals surface area contributed by atoms with Crippen LogP contribution >= 0.6 is 19.4 Å². The maximum absolute atomic E-state index is 12.8. The minimum Gasteiger partial charge on any atom is -0.456 e. The van der Waals surface area contributed by atoms with Gasteiger partial charge in [0.15, 0.2) is 6.29 Å². The summed E-state index contributed by atoms with van der Waals surface area (Å²) in [6.45, 7) is 4.63. The van der Waals surface area contributed by atoms with Crippen molar-refractivity contribution < 1.29 is 27.4 Å². The molecule has 0 fully saturated rings. The molecule has 0 aromatic heterocycles. The predicted octanol–water partition coefficient (Wildman–Crippen LogP) is 6.24. The third-order valence-electron chi connectivity index (χ3n) is 4.22. The fourth-order valence-electron chi connectivity index (χ4n) is 2.68. The molecule has 0 bridgehead atoms. The molecular formula is C19H21ClF3N3O4P+. The summed E-state index contributed by atoms with van der Waals surface area (Å²) in [4.78, 5) is 12.5. The van der Waals surface area contributed by atoms with E-state index in [2.05, 4.69) is 5.32 Å². The summed E-state index contributed by atoms with van der Waals surface area (Å²) in [5.41, 5.74) is -0.941. The lowest BCUT2D eigenvalue weighted by atomic mass is 10.2. The molecule has 0 aliphatic rings. The molecule has 1 atom stereocenters. The summed E-state index contributed by atoms with van der Waals surface area (Å²) in [6.07, 6.45) is -4.19. The lowest BCUT2D eigenvalue weighted by molar-refractivity contribution is -0.384. The molecule has 7 nitrogen and oxygen atoms in total. The van der Waals surface area contributed by atoms with Gasteiger partial charge in [0.1, 0.15) is 17.2 Å². The van der Waals surface area contributed by atoms with Gasteiger partial charge in [-0.25, -0.2) is 0 Å². The SMILES string of the molecule is CCNC[P+](=O)CN(CC)c1cc(Oc2ccc(C(F)(F)F)cc2Cl)ccc1[N+](=O)[O-]. The second-order valence-corrected chi connectivity index (χ2v) is 8.36. The molecule has 0 saturated carbocycles. The summed E-state index contributed by atoms with van der Waals surface area (Å²) in [5.74, 6) is 0.110. The van der Waals surface area contributed by atoms with Gasteiger partial charge in [-0.3, -0.25) is 15.4 Å². The number of benzene rings is 2.